The van der Waals surface area contributed by atoms with Crippen molar-refractivity contribution in [1.29, 1.82) is 0 Å². The molecule has 0 aliphatic heterocycles. The predicted octanol–water partition coefficient (Wildman–Crippen LogP) is 3.98. The Hall–Kier alpha value is -3.09. The summed E-state index contributed by atoms with van der Waals surface area (Å²) in [6, 6.07) is 14.9. The number of aromatic amines is 1. The lowest BCUT2D eigenvalue weighted by Gasteiger charge is -2.06. The van der Waals surface area contributed by atoms with Gasteiger partial charge in [-0.05, 0) is 29.7 Å². The van der Waals surface area contributed by atoms with Crippen molar-refractivity contribution in [3.05, 3.63) is 88.7 Å². The van der Waals surface area contributed by atoms with Crippen molar-refractivity contribution >= 4 is 28.4 Å². The Morgan fingerprint density at radius 3 is 2.82 bits per heavy atom. The van der Waals surface area contributed by atoms with Crippen molar-refractivity contribution in [2.75, 3.05) is 0 Å². The number of aromatic nitrogens is 2. The van der Waals surface area contributed by atoms with Crippen molar-refractivity contribution < 1.29 is 9.21 Å². The summed E-state index contributed by atoms with van der Waals surface area (Å²) in [5.74, 6) is -0.0117. The van der Waals surface area contributed by atoms with E-state index in [4.69, 9.17) is 21.8 Å². The van der Waals surface area contributed by atoms with Crippen LogP contribution in [0.4, 0.5) is 0 Å². The van der Waals surface area contributed by atoms with E-state index in [1.165, 1.54) is 6.26 Å². The number of nitrogens with one attached hydrogen (secondary N) is 2. The maximum Gasteiger partial charge on any atom is 0.273 e. The van der Waals surface area contributed by atoms with Crippen LogP contribution in [0.1, 0.15) is 33.5 Å². The Bertz CT molecular complexity index is 1120. The number of halogens is 1. The molecule has 0 spiro atoms. The van der Waals surface area contributed by atoms with Crippen LogP contribution >= 0.6 is 11.6 Å². The fraction of sp³-hybridized carbons (Fsp3) is 0.143. The molecule has 0 aliphatic carbocycles. The fourth-order valence-corrected chi connectivity index (χ4v) is 3.30. The van der Waals surface area contributed by atoms with Crippen molar-refractivity contribution in [2.45, 2.75) is 19.0 Å². The zero-order valence-electron chi connectivity index (χ0n) is 15.0. The lowest BCUT2D eigenvalue weighted by atomic mass is 10.1. The Morgan fingerprint density at radius 2 is 1.96 bits per heavy atom. The highest BCUT2D eigenvalue weighted by molar-refractivity contribution is 6.31. The van der Waals surface area contributed by atoms with Crippen molar-refractivity contribution in [3.63, 3.8) is 0 Å². The van der Waals surface area contributed by atoms with Crippen LogP contribution in [0.15, 0.2) is 65.4 Å². The molecule has 0 aliphatic rings. The number of oxazole rings is 1. The molecule has 2 aromatic carbocycles. The average Bonchev–Trinajstić information content (AvgIpc) is 3.35. The van der Waals surface area contributed by atoms with Crippen molar-refractivity contribution in [2.24, 2.45) is 5.73 Å². The standard InChI is InChI=1S/C21H19ClN4O2/c22-16-7-3-1-5-13(16)10-25-20(27)19-12-28-21(26-19)17(23)9-14-11-24-18-8-4-2-6-15(14)18/h1-8,11-12,17,24H,9-10,23H2,(H,25,27). The number of H-pyrrole nitrogens is 1. The molecule has 4 N–H and O–H groups in total. The third kappa shape index (κ3) is 3.78. The van der Waals surface area contributed by atoms with E-state index < -0.39 is 6.04 Å². The van der Waals surface area contributed by atoms with E-state index in [9.17, 15) is 4.79 Å². The van der Waals surface area contributed by atoms with E-state index in [1.54, 1.807) is 6.07 Å². The number of hydrogen-bond donors (Lipinski definition) is 3. The second-order valence-electron chi connectivity index (χ2n) is 6.52. The number of carbonyl (C=O) groups is 1. The monoisotopic (exact) mass is 394 g/mol. The molecule has 7 heteroatoms. The van der Waals surface area contributed by atoms with Gasteiger partial charge in [0.1, 0.15) is 6.26 Å². The molecule has 0 saturated heterocycles. The van der Waals surface area contributed by atoms with Gasteiger partial charge in [0, 0.05) is 28.7 Å². The van der Waals surface area contributed by atoms with Crippen molar-refractivity contribution in [3.8, 4) is 0 Å². The molecule has 6 nitrogen and oxygen atoms in total. The Morgan fingerprint density at radius 1 is 1.18 bits per heavy atom. The molecule has 28 heavy (non-hydrogen) atoms. The number of carbonyl (C=O) groups excluding carboxylic acids is 1. The molecule has 1 unspecified atom stereocenters. The van der Waals surface area contributed by atoms with Crippen LogP contribution in [0.2, 0.25) is 5.02 Å². The lowest BCUT2D eigenvalue weighted by Crippen LogP contribution is -2.23. The van der Waals surface area contributed by atoms with Gasteiger partial charge >= 0.3 is 0 Å². The van der Waals surface area contributed by atoms with Gasteiger partial charge in [-0.25, -0.2) is 4.98 Å². The van der Waals surface area contributed by atoms with E-state index in [0.29, 0.717) is 23.9 Å². The third-order valence-electron chi connectivity index (χ3n) is 4.58. The second-order valence-corrected chi connectivity index (χ2v) is 6.92. The molecular weight excluding hydrogens is 376 g/mol. The third-order valence-corrected chi connectivity index (χ3v) is 4.95. The maximum absolute atomic E-state index is 12.3. The average molecular weight is 395 g/mol. The van der Waals surface area contributed by atoms with Crippen LogP contribution in [0, 0.1) is 0 Å². The van der Waals surface area contributed by atoms with Gasteiger partial charge in [0.05, 0.1) is 6.04 Å². The van der Waals surface area contributed by atoms with Crippen LogP contribution in [0.5, 0.6) is 0 Å². The smallest absolute Gasteiger partial charge is 0.273 e. The number of para-hydroxylation sites is 1. The summed E-state index contributed by atoms with van der Waals surface area (Å²) < 4.78 is 5.45. The van der Waals surface area contributed by atoms with Gasteiger partial charge in [-0.3, -0.25) is 4.79 Å². The molecule has 4 rings (SSSR count). The molecule has 0 fully saturated rings. The molecule has 4 aromatic rings. The van der Waals surface area contributed by atoms with Gasteiger partial charge in [0.2, 0.25) is 5.89 Å². The van der Waals surface area contributed by atoms with Gasteiger partial charge in [-0.15, -0.1) is 0 Å². The molecule has 2 aromatic heterocycles. The van der Waals surface area contributed by atoms with E-state index in [0.717, 1.165) is 22.0 Å². The minimum atomic E-state index is -0.454. The predicted molar refractivity (Wildman–Crippen MR) is 108 cm³/mol. The Labute approximate surface area is 166 Å². The number of nitrogens with zero attached hydrogens (tertiary/aromatic N) is 1. The van der Waals surface area contributed by atoms with Crippen LogP contribution in [-0.4, -0.2) is 15.9 Å². The summed E-state index contributed by atoms with van der Waals surface area (Å²) in [4.78, 5) is 19.8. The van der Waals surface area contributed by atoms with Crippen LogP contribution < -0.4 is 11.1 Å². The van der Waals surface area contributed by atoms with Gasteiger partial charge in [-0.1, -0.05) is 48.0 Å². The molecule has 0 bridgehead atoms. The summed E-state index contributed by atoms with van der Waals surface area (Å²) in [5.41, 5.74) is 9.41. The zero-order chi connectivity index (χ0) is 19.5. The molecule has 2 heterocycles. The first-order valence-corrected chi connectivity index (χ1v) is 9.27. The van der Waals surface area contributed by atoms with Gasteiger partial charge < -0.3 is 20.5 Å². The fourth-order valence-electron chi connectivity index (χ4n) is 3.09. The Balaban J connectivity index is 1.42. The molecule has 142 valence electrons. The van der Waals surface area contributed by atoms with Crippen LogP contribution in [-0.2, 0) is 13.0 Å². The van der Waals surface area contributed by atoms with E-state index in [-0.39, 0.29) is 11.6 Å². The summed E-state index contributed by atoms with van der Waals surface area (Å²) in [7, 11) is 0. The second kappa shape index (κ2) is 7.88. The number of rotatable bonds is 6. The Kier molecular flexibility index (Phi) is 5.14. The van der Waals surface area contributed by atoms with E-state index in [2.05, 4.69) is 15.3 Å². The van der Waals surface area contributed by atoms with Crippen LogP contribution in [0.25, 0.3) is 10.9 Å². The first kappa shape index (κ1) is 18.3. The number of benzene rings is 2. The summed E-state index contributed by atoms with van der Waals surface area (Å²) in [5, 5.41) is 4.50. The van der Waals surface area contributed by atoms with Gasteiger partial charge in [-0.2, -0.15) is 0 Å². The highest BCUT2D eigenvalue weighted by atomic mass is 35.5. The minimum Gasteiger partial charge on any atom is -0.446 e. The zero-order valence-corrected chi connectivity index (χ0v) is 15.7. The summed E-state index contributed by atoms with van der Waals surface area (Å²) in [6.07, 6.45) is 3.81. The van der Waals surface area contributed by atoms with Gasteiger partial charge in [0.25, 0.3) is 5.91 Å². The lowest BCUT2D eigenvalue weighted by molar-refractivity contribution is 0.0946. The highest BCUT2D eigenvalue weighted by Gasteiger charge is 2.18. The number of nitrogens with two attached hydrogens (primary N) is 1. The largest absolute Gasteiger partial charge is 0.446 e. The van der Waals surface area contributed by atoms with Gasteiger partial charge in [0.15, 0.2) is 5.69 Å². The SMILES string of the molecule is NC(Cc1c[nH]c2ccccc12)c1nc(C(=O)NCc2ccccc2Cl)co1. The quantitative estimate of drug-likeness (QED) is 0.460. The van der Waals surface area contributed by atoms with Crippen molar-refractivity contribution in [1.82, 2.24) is 15.3 Å². The topological polar surface area (TPSA) is 96.9 Å². The molecule has 1 atom stereocenters. The number of fused-ring (bicyclic) bond motifs is 1. The normalized spacial score (nSPS) is 12.2. The summed E-state index contributed by atoms with van der Waals surface area (Å²) >= 11 is 6.10. The molecule has 0 saturated carbocycles. The maximum atomic E-state index is 12.3. The molecular formula is C21H19ClN4O2. The molecule has 0 radical (unpaired) electrons. The van der Waals surface area contributed by atoms with Crippen LogP contribution in [0.3, 0.4) is 0 Å². The first-order chi connectivity index (χ1) is 13.6. The number of amides is 1. The summed E-state index contributed by atoms with van der Waals surface area (Å²) in [6.45, 7) is 0.308. The molecule has 1 amide bonds. The number of hydrogen-bond acceptors (Lipinski definition) is 4. The first-order valence-electron chi connectivity index (χ1n) is 8.89. The highest BCUT2D eigenvalue weighted by Crippen LogP contribution is 2.23. The minimum absolute atomic E-state index is 0.191. The van der Waals surface area contributed by atoms with E-state index in [1.807, 2.05) is 48.7 Å². The van der Waals surface area contributed by atoms with E-state index >= 15 is 0 Å².